The number of carbonyl (C=O) groups is 1. The van der Waals surface area contributed by atoms with Gasteiger partial charge in [0.2, 0.25) is 5.91 Å². The maximum absolute atomic E-state index is 13.0. The van der Waals surface area contributed by atoms with Crippen LogP contribution in [0.15, 0.2) is 30.9 Å². The number of ether oxygens (including phenoxy) is 1. The highest BCUT2D eigenvalue weighted by atomic mass is 16.5. The van der Waals surface area contributed by atoms with E-state index in [9.17, 15) is 4.79 Å². The van der Waals surface area contributed by atoms with Crippen LogP contribution in [0.1, 0.15) is 45.6 Å². The summed E-state index contributed by atoms with van der Waals surface area (Å²) in [7, 11) is 1.71. The minimum atomic E-state index is -0.00715. The van der Waals surface area contributed by atoms with E-state index in [-0.39, 0.29) is 16.7 Å². The summed E-state index contributed by atoms with van der Waals surface area (Å²) in [6.45, 7) is 14.1. The number of piperidine rings is 1. The molecular weight excluding hydrogens is 324 g/mol. The molecule has 1 amide bonds. The van der Waals surface area contributed by atoms with Crippen LogP contribution in [-0.4, -0.2) is 44.1 Å². The van der Waals surface area contributed by atoms with Crippen molar-refractivity contribution in [2.24, 2.45) is 5.41 Å². The quantitative estimate of drug-likeness (QED) is 0.765. The van der Waals surface area contributed by atoms with Gasteiger partial charge in [0, 0.05) is 30.6 Å². The predicted molar refractivity (Wildman–Crippen MR) is 107 cm³/mol. The summed E-state index contributed by atoms with van der Waals surface area (Å²) < 4.78 is 5.48. The molecule has 142 valence electrons. The Morgan fingerprint density at radius 1 is 1.31 bits per heavy atom. The van der Waals surface area contributed by atoms with Crippen LogP contribution in [0.25, 0.3) is 0 Å². The second-order valence-corrected chi connectivity index (χ2v) is 8.97. The maximum atomic E-state index is 13.0. The number of nitrogens with zero attached hydrogens (tertiary/aromatic N) is 2. The van der Waals surface area contributed by atoms with Gasteiger partial charge >= 0.3 is 0 Å². The van der Waals surface area contributed by atoms with E-state index in [2.05, 4.69) is 44.4 Å². The molecule has 1 aromatic rings. The number of likely N-dealkylation sites (tertiary alicyclic amines) is 1. The summed E-state index contributed by atoms with van der Waals surface area (Å²) in [6, 6.07) is 6.20. The lowest BCUT2D eigenvalue weighted by molar-refractivity contribution is -0.120. The molecule has 3 rings (SSSR count). The summed E-state index contributed by atoms with van der Waals surface area (Å²) in [6.07, 6.45) is 4.68. The topological polar surface area (TPSA) is 32.8 Å². The van der Waals surface area contributed by atoms with Crippen LogP contribution in [0.4, 0.5) is 5.69 Å². The molecule has 26 heavy (non-hydrogen) atoms. The van der Waals surface area contributed by atoms with Crippen LogP contribution in [0.5, 0.6) is 5.75 Å². The highest BCUT2D eigenvalue weighted by Crippen LogP contribution is 2.48. The van der Waals surface area contributed by atoms with Crippen LogP contribution < -0.4 is 9.64 Å². The van der Waals surface area contributed by atoms with E-state index in [0.29, 0.717) is 6.42 Å². The second kappa shape index (κ2) is 7.07. The van der Waals surface area contributed by atoms with E-state index < -0.39 is 0 Å². The number of hydrogen-bond acceptors (Lipinski definition) is 3. The molecule has 0 aromatic heterocycles. The van der Waals surface area contributed by atoms with E-state index in [1.807, 2.05) is 17.0 Å². The first kappa shape index (κ1) is 19.0. The molecule has 0 atom stereocenters. The van der Waals surface area contributed by atoms with Crippen molar-refractivity contribution in [3.63, 3.8) is 0 Å². The van der Waals surface area contributed by atoms with Crippen molar-refractivity contribution >= 4 is 11.6 Å². The second-order valence-electron chi connectivity index (χ2n) is 8.97. The van der Waals surface area contributed by atoms with Gasteiger partial charge in [0.05, 0.1) is 7.11 Å². The van der Waals surface area contributed by atoms with Crippen LogP contribution in [0.2, 0.25) is 0 Å². The van der Waals surface area contributed by atoms with Crippen LogP contribution in [0, 0.1) is 5.41 Å². The zero-order valence-electron chi connectivity index (χ0n) is 16.7. The van der Waals surface area contributed by atoms with Gasteiger partial charge in [-0.15, -0.1) is 6.58 Å². The Hall–Kier alpha value is -1.81. The number of benzene rings is 1. The molecule has 0 bridgehead atoms. The van der Waals surface area contributed by atoms with Crippen molar-refractivity contribution in [1.82, 2.24) is 4.90 Å². The third kappa shape index (κ3) is 3.66. The monoisotopic (exact) mass is 356 g/mol. The Morgan fingerprint density at radius 2 is 2.00 bits per heavy atom. The van der Waals surface area contributed by atoms with Gasteiger partial charge in [0.15, 0.2) is 0 Å². The van der Waals surface area contributed by atoms with E-state index >= 15 is 0 Å². The molecule has 0 N–H and O–H groups in total. The molecule has 4 heteroatoms. The molecule has 1 saturated heterocycles. The normalized spacial score (nSPS) is 19.5. The van der Waals surface area contributed by atoms with Gasteiger partial charge in [0.1, 0.15) is 5.75 Å². The highest BCUT2D eigenvalue weighted by molar-refractivity contribution is 5.96. The fraction of sp³-hybridized carbons (Fsp3) is 0.591. The van der Waals surface area contributed by atoms with Crippen LogP contribution in [-0.2, 0) is 10.2 Å². The third-order valence-corrected chi connectivity index (χ3v) is 5.71. The first-order valence-corrected chi connectivity index (χ1v) is 9.60. The molecule has 0 radical (unpaired) electrons. The lowest BCUT2D eigenvalue weighted by Crippen LogP contribution is -2.46. The van der Waals surface area contributed by atoms with Gasteiger partial charge in [-0.05, 0) is 55.1 Å². The molecule has 0 unspecified atom stereocenters. The molecule has 1 fully saturated rings. The number of carbonyl (C=O) groups excluding carboxylic acids is 1. The molecular formula is C22H32N2O2. The Bertz CT molecular complexity index is 682. The van der Waals surface area contributed by atoms with Gasteiger partial charge < -0.3 is 9.64 Å². The first-order chi connectivity index (χ1) is 12.3. The van der Waals surface area contributed by atoms with Crippen LogP contribution >= 0.6 is 0 Å². The first-order valence-electron chi connectivity index (χ1n) is 9.60. The molecule has 0 aliphatic carbocycles. The SMILES string of the molecule is C=CCN1CCC2(CC1)CN(C(=O)CC(C)(C)C)c1ccc(OC)cc12. The fourth-order valence-electron chi connectivity index (χ4n) is 4.32. The molecule has 2 aliphatic rings. The zero-order valence-corrected chi connectivity index (χ0v) is 16.7. The number of fused-ring (bicyclic) bond motifs is 2. The maximum Gasteiger partial charge on any atom is 0.227 e. The van der Waals surface area contributed by atoms with Crippen molar-refractivity contribution in [3.8, 4) is 5.75 Å². The third-order valence-electron chi connectivity index (χ3n) is 5.71. The molecule has 1 spiro atoms. The standard InChI is InChI=1S/C22H32N2O2/c1-6-11-23-12-9-22(10-13-23)16-24(20(25)15-21(2,3)4)19-8-7-17(26-5)14-18(19)22/h6-8,14H,1,9-13,15-16H2,2-5H3. The minimum absolute atomic E-state index is 0.00715. The van der Waals surface area contributed by atoms with Crippen molar-refractivity contribution in [2.75, 3.05) is 38.2 Å². The van der Waals surface area contributed by atoms with Crippen molar-refractivity contribution < 1.29 is 9.53 Å². The minimum Gasteiger partial charge on any atom is -0.497 e. The average molecular weight is 357 g/mol. The Morgan fingerprint density at radius 3 is 2.58 bits per heavy atom. The lowest BCUT2D eigenvalue weighted by atomic mass is 9.74. The molecule has 1 aromatic carbocycles. The van der Waals surface area contributed by atoms with Gasteiger partial charge in [-0.1, -0.05) is 26.8 Å². The smallest absolute Gasteiger partial charge is 0.227 e. The van der Waals surface area contributed by atoms with E-state index in [1.54, 1.807) is 7.11 Å². The van der Waals surface area contributed by atoms with Crippen LogP contribution in [0.3, 0.4) is 0 Å². The van der Waals surface area contributed by atoms with E-state index in [0.717, 1.165) is 50.5 Å². The Balaban J connectivity index is 1.91. The summed E-state index contributed by atoms with van der Waals surface area (Å²) in [5.41, 5.74) is 2.41. The predicted octanol–water partition coefficient (Wildman–Crippen LogP) is 4.00. The summed E-state index contributed by atoms with van der Waals surface area (Å²) in [5.74, 6) is 1.11. The van der Waals surface area contributed by atoms with Gasteiger partial charge in [0.25, 0.3) is 0 Å². The van der Waals surface area contributed by atoms with E-state index in [1.165, 1.54) is 5.56 Å². The molecule has 4 nitrogen and oxygen atoms in total. The lowest BCUT2D eigenvalue weighted by Gasteiger charge is -2.39. The summed E-state index contributed by atoms with van der Waals surface area (Å²) >= 11 is 0. The van der Waals surface area contributed by atoms with E-state index in [4.69, 9.17) is 4.74 Å². The average Bonchev–Trinajstić information content (AvgIpc) is 2.90. The van der Waals surface area contributed by atoms with Crippen molar-refractivity contribution in [1.29, 1.82) is 0 Å². The van der Waals surface area contributed by atoms with Gasteiger partial charge in [-0.2, -0.15) is 0 Å². The number of amides is 1. The number of anilines is 1. The summed E-state index contributed by atoms with van der Waals surface area (Å²) in [5, 5.41) is 0. The Labute approximate surface area is 157 Å². The molecule has 0 saturated carbocycles. The Kier molecular flexibility index (Phi) is 5.16. The highest BCUT2D eigenvalue weighted by Gasteiger charge is 2.46. The van der Waals surface area contributed by atoms with Gasteiger partial charge in [-0.25, -0.2) is 0 Å². The molecule has 2 heterocycles. The zero-order chi connectivity index (χ0) is 18.9. The number of rotatable bonds is 4. The largest absolute Gasteiger partial charge is 0.497 e. The fourth-order valence-corrected chi connectivity index (χ4v) is 4.32. The molecule has 2 aliphatic heterocycles. The summed E-state index contributed by atoms with van der Waals surface area (Å²) in [4.78, 5) is 17.5. The number of methoxy groups -OCH3 is 1. The van der Waals surface area contributed by atoms with Gasteiger partial charge in [-0.3, -0.25) is 9.69 Å². The van der Waals surface area contributed by atoms with Crippen molar-refractivity contribution in [2.45, 2.75) is 45.4 Å². The van der Waals surface area contributed by atoms with Crippen molar-refractivity contribution in [3.05, 3.63) is 36.4 Å². The number of hydrogen-bond donors (Lipinski definition) is 0.